The molecule has 706 valence electrons. The highest BCUT2D eigenvalue weighted by Gasteiger charge is 2.46. The first-order chi connectivity index (χ1) is 62.0. The molecular weight excluding hydrogens is 1740 g/mol. The summed E-state index contributed by atoms with van der Waals surface area (Å²) in [6, 6.07) is 17.6. The van der Waals surface area contributed by atoms with Crippen molar-refractivity contribution in [3.05, 3.63) is 257 Å². The van der Waals surface area contributed by atoms with E-state index >= 15 is 35.1 Å². The van der Waals surface area contributed by atoms with Gasteiger partial charge in [0.15, 0.2) is 46.0 Å². The standard InChI is InChI=1S/C26H28F3NO4.2C25H26F3NO4.C24H26F3NO4/c1-15-9-17-12-21-22(34-8-7-33-21)13-18(17)25(30(15)14-26(2,3)29)24-19(27)10-16(11-20(24)28)5-6-23(31)32-4;2*1-14-8-16-11-20-21(33-7-6-32-20)12-17(16)24(29(14)13-25(2,3)28)23-18(26)9-15(10-19(23)27)4-5-22(30)31;1-13-7-15-10-19(29)20(30)11-16(15)23(28(13)12-24(2,3)27)22-17(25)8-14(9-18(22)26)5-6-21(31)32-4/h5-6,10-13,15,25H,7-9,14H2,1-4H3;2*4-5,9-12,14,24H,6-8,13H2,1-3H3,(H,30,31);5-6,8-11,13,23,29-30H,7,12H2,1-4H3/b6-5+;2*5-4+;6-5+. The highest BCUT2D eigenvalue weighted by atomic mass is 19.2. The van der Waals surface area contributed by atoms with Crippen LogP contribution in [0.15, 0.2) is 121 Å². The number of hydrogen-bond acceptors (Lipinski definition) is 18. The predicted molar refractivity (Wildman–Crippen MR) is 471 cm³/mol. The van der Waals surface area contributed by atoms with E-state index in [0.717, 1.165) is 102 Å². The van der Waals surface area contributed by atoms with Gasteiger partial charge in [0, 0.05) is 96.9 Å². The minimum Gasteiger partial charge on any atom is -0.504 e. The number of nitrogens with zero attached hydrogens (tertiary/aromatic N) is 4. The van der Waals surface area contributed by atoms with E-state index in [9.17, 15) is 47.0 Å². The first-order valence-electron chi connectivity index (χ1n) is 43.0. The fourth-order valence-corrected chi connectivity index (χ4v) is 17.9. The molecule has 0 aliphatic carbocycles. The lowest BCUT2D eigenvalue weighted by Gasteiger charge is -2.44. The molecule has 20 nitrogen and oxygen atoms in total. The van der Waals surface area contributed by atoms with E-state index < -0.39 is 123 Å². The lowest BCUT2D eigenvalue weighted by atomic mass is 9.83. The van der Waals surface area contributed by atoms with Crippen molar-refractivity contribution in [1.29, 1.82) is 0 Å². The number of hydrogen-bond donors (Lipinski definition) is 4. The van der Waals surface area contributed by atoms with Crippen molar-refractivity contribution in [2.24, 2.45) is 0 Å². The average molecular weight is 1850 g/mol. The van der Waals surface area contributed by atoms with Crippen molar-refractivity contribution in [3.63, 3.8) is 0 Å². The van der Waals surface area contributed by atoms with Crippen LogP contribution in [0.4, 0.5) is 52.7 Å². The Morgan fingerprint density at radius 1 is 0.333 bits per heavy atom. The summed E-state index contributed by atoms with van der Waals surface area (Å²) in [4.78, 5) is 51.2. The van der Waals surface area contributed by atoms with Crippen LogP contribution in [0.5, 0.6) is 46.0 Å². The van der Waals surface area contributed by atoms with Crippen molar-refractivity contribution in [1.82, 2.24) is 19.6 Å². The highest BCUT2D eigenvalue weighted by Crippen LogP contribution is 2.52. The minimum absolute atomic E-state index is 0.0183. The van der Waals surface area contributed by atoms with Crippen LogP contribution in [0, 0.1) is 46.5 Å². The molecule has 132 heavy (non-hydrogen) atoms. The fourth-order valence-electron chi connectivity index (χ4n) is 17.9. The normalized spacial score (nSPS) is 20.2. The summed E-state index contributed by atoms with van der Waals surface area (Å²) < 4.78 is 225. The molecule has 7 aliphatic rings. The number of carbonyl (C=O) groups is 4. The summed E-state index contributed by atoms with van der Waals surface area (Å²) in [5, 5.41) is 37.6. The molecule has 32 heteroatoms. The summed E-state index contributed by atoms with van der Waals surface area (Å²) in [5.74, 6) is -7.94. The van der Waals surface area contributed by atoms with Crippen LogP contribution in [0.2, 0.25) is 0 Å². The number of rotatable bonds is 20. The summed E-state index contributed by atoms with van der Waals surface area (Å²) in [6.45, 7) is 21.1. The molecule has 0 amide bonds. The molecule has 8 aromatic rings. The van der Waals surface area contributed by atoms with Crippen molar-refractivity contribution < 1.29 is 130 Å². The molecule has 8 unspecified atom stereocenters. The molecule has 0 radical (unpaired) electrons. The lowest BCUT2D eigenvalue weighted by molar-refractivity contribution is -0.135. The van der Waals surface area contributed by atoms with E-state index in [1.165, 1.54) is 93.9 Å². The Labute approximate surface area is 757 Å². The number of carboxylic acid groups (broad SMARTS) is 2. The number of aromatic hydroxyl groups is 2. The molecule has 0 saturated heterocycles. The Balaban J connectivity index is 0.000000159. The van der Waals surface area contributed by atoms with Gasteiger partial charge in [0.05, 0.1) is 38.4 Å². The number of benzene rings is 8. The number of alkyl halides is 4. The van der Waals surface area contributed by atoms with E-state index in [1.54, 1.807) is 37.8 Å². The molecule has 0 saturated carbocycles. The van der Waals surface area contributed by atoms with Gasteiger partial charge in [-0.15, -0.1) is 0 Å². The molecule has 0 aromatic heterocycles. The zero-order valence-corrected chi connectivity index (χ0v) is 75.4. The fraction of sp³-hybridized carbons (Fsp3) is 0.400. The number of fused-ring (bicyclic) bond motifs is 7. The van der Waals surface area contributed by atoms with Gasteiger partial charge >= 0.3 is 23.9 Å². The summed E-state index contributed by atoms with van der Waals surface area (Å²) in [5.41, 5.74) is -1.38. The van der Waals surface area contributed by atoms with Crippen molar-refractivity contribution >= 4 is 48.2 Å². The molecular formula is C100H106F12N4O16. The SMILES string of the molecule is CC1Cc2cc3c(cc2C(c2c(F)cc(/C=C/C(=O)O)cc2F)N1CC(C)(C)F)OCCO3.CC1Cc2cc3c(cc2C(c2c(F)cc(/C=C/C(=O)O)cc2F)N1CC(C)(C)F)OCCO3.COC(=O)/C=C/c1cc(F)c(C2c3cc(O)c(O)cc3CC(C)N2CC(C)(C)F)c(F)c1.COC(=O)/C=C/c1cc(F)c(C2c3cc4c(cc3CC(C)N2CC(C)(C)F)OCCO4)c(F)c1. The third-order valence-electron chi connectivity index (χ3n) is 23.3. The van der Waals surface area contributed by atoms with Crippen LogP contribution in [-0.2, 0) is 54.3 Å². The molecule has 15 rings (SSSR count). The number of aliphatic carboxylic acids is 2. The molecule has 8 aromatic carbocycles. The summed E-state index contributed by atoms with van der Waals surface area (Å²) in [7, 11) is 2.40. The molecule has 7 aliphatic heterocycles. The Hall–Kier alpha value is -12.0. The number of ether oxygens (including phenoxy) is 8. The van der Waals surface area contributed by atoms with Crippen molar-refractivity contribution in [2.45, 2.75) is 180 Å². The largest absolute Gasteiger partial charge is 0.504 e. The van der Waals surface area contributed by atoms with Crippen LogP contribution in [0.25, 0.3) is 24.3 Å². The van der Waals surface area contributed by atoms with E-state index in [0.29, 0.717) is 128 Å². The predicted octanol–water partition coefficient (Wildman–Crippen LogP) is 19.5. The van der Waals surface area contributed by atoms with E-state index in [-0.39, 0.29) is 101 Å². The molecule has 0 fully saturated rings. The minimum atomic E-state index is -1.65. The van der Waals surface area contributed by atoms with Crippen molar-refractivity contribution in [3.8, 4) is 46.0 Å². The third-order valence-corrected chi connectivity index (χ3v) is 23.3. The van der Waals surface area contributed by atoms with Gasteiger partial charge in [-0.2, -0.15) is 0 Å². The molecule has 8 atom stereocenters. The maximum Gasteiger partial charge on any atom is 0.330 e. The smallest absolute Gasteiger partial charge is 0.330 e. The van der Waals surface area contributed by atoms with Crippen LogP contribution >= 0.6 is 0 Å². The van der Waals surface area contributed by atoms with E-state index in [1.807, 2.05) is 45.9 Å². The average Bonchev–Trinajstić information content (AvgIpc) is 0.755. The van der Waals surface area contributed by atoms with Crippen molar-refractivity contribution in [2.75, 3.05) is 80.0 Å². The quantitative estimate of drug-likeness (QED) is 0.0240. The van der Waals surface area contributed by atoms with E-state index in [4.69, 9.17) is 38.6 Å². The second-order valence-corrected chi connectivity index (χ2v) is 36.2. The Morgan fingerprint density at radius 2 is 0.530 bits per heavy atom. The number of methoxy groups -OCH3 is 2. The number of esters is 2. The zero-order chi connectivity index (χ0) is 96.2. The van der Waals surface area contributed by atoms with Gasteiger partial charge in [-0.3, -0.25) is 19.6 Å². The maximum absolute atomic E-state index is 15.5. The molecule has 7 heterocycles. The maximum atomic E-state index is 15.5. The van der Waals surface area contributed by atoms with Crippen LogP contribution in [0.3, 0.4) is 0 Å². The van der Waals surface area contributed by atoms with Gasteiger partial charge in [0.25, 0.3) is 0 Å². The molecule has 0 spiro atoms. The second kappa shape index (κ2) is 40.6. The second-order valence-electron chi connectivity index (χ2n) is 36.2. The van der Waals surface area contributed by atoms with Gasteiger partial charge < -0.3 is 58.3 Å². The van der Waals surface area contributed by atoms with Gasteiger partial charge in [0.1, 0.15) is 109 Å². The van der Waals surface area contributed by atoms with Gasteiger partial charge in [0.2, 0.25) is 0 Å². The summed E-state index contributed by atoms with van der Waals surface area (Å²) in [6.07, 6.45) is 10.6. The van der Waals surface area contributed by atoms with Crippen LogP contribution in [-0.4, -0.2) is 191 Å². The monoisotopic (exact) mass is 1850 g/mol. The number of halogens is 12. The van der Waals surface area contributed by atoms with Gasteiger partial charge in [-0.25, -0.2) is 71.9 Å². The molecule has 0 bridgehead atoms. The Kier molecular flexibility index (Phi) is 30.5. The first kappa shape index (κ1) is 99.0. The van der Waals surface area contributed by atoms with Gasteiger partial charge in [-0.1, -0.05) is 0 Å². The number of phenols is 2. The van der Waals surface area contributed by atoms with Crippen LogP contribution < -0.4 is 28.4 Å². The Morgan fingerprint density at radius 3 is 0.742 bits per heavy atom. The van der Waals surface area contributed by atoms with Crippen LogP contribution in [0.1, 0.15) is 196 Å². The summed E-state index contributed by atoms with van der Waals surface area (Å²) >= 11 is 0. The first-order valence-corrected chi connectivity index (χ1v) is 43.0. The lowest BCUT2D eigenvalue weighted by Crippen LogP contribution is -2.48. The topological polar surface area (TPSA) is 236 Å². The number of phenolic OH excluding ortho intramolecular Hbond substituents is 2. The highest BCUT2D eigenvalue weighted by molar-refractivity contribution is 5.88. The number of carbonyl (C=O) groups excluding carboxylic acids is 2. The van der Waals surface area contributed by atoms with E-state index in [2.05, 4.69) is 9.47 Å². The Bertz CT molecular complexity index is 5530. The molecule has 4 N–H and O–H groups in total. The zero-order valence-electron chi connectivity index (χ0n) is 75.4. The van der Waals surface area contributed by atoms with Gasteiger partial charge in [-0.05, 0) is 297 Å². The third kappa shape index (κ3) is 23.7. The number of carboxylic acids is 2.